The lowest BCUT2D eigenvalue weighted by Crippen LogP contribution is -2.61. The lowest BCUT2D eigenvalue weighted by atomic mass is 9.77. The number of benzene rings is 2. The summed E-state index contributed by atoms with van der Waals surface area (Å²) < 4.78 is 0. The molecule has 1 N–H and O–H groups in total. The van der Waals surface area contributed by atoms with Crippen molar-refractivity contribution in [2.45, 2.75) is 32.2 Å². The fraction of sp³-hybridized carbons (Fsp3) is 0.393. The quantitative estimate of drug-likeness (QED) is 0.378. The van der Waals surface area contributed by atoms with E-state index in [-0.39, 0.29) is 42.8 Å². The molecule has 4 rings (SSSR count). The highest BCUT2D eigenvalue weighted by Gasteiger charge is 2.47. The Kier molecular flexibility index (Phi) is 7.94. The molecular weight excluding hydrogens is 476 g/mol. The van der Waals surface area contributed by atoms with E-state index in [4.69, 9.17) is 0 Å². The second kappa shape index (κ2) is 11.1. The van der Waals surface area contributed by atoms with E-state index in [1.165, 1.54) is 5.01 Å². The molecule has 0 radical (unpaired) electrons. The number of hydrazine groups is 1. The van der Waals surface area contributed by atoms with Gasteiger partial charge < -0.3 is 15.0 Å². The van der Waals surface area contributed by atoms with Crippen LogP contribution in [0.5, 0.6) is 0 Å². The van der Waals surface area contributed by atoms with Gasteiger partial charge in [0.25, 0.3) is 0 Å². The van der Waals surface area contributed by atoms with Gasteiger partial charge in [-0.25, -0.2) is 10.0 Å². The summed E-state index contributed by atoms with van der Waals surface area (Å²) in [4.78, 5) is 63.4. The number of carboxylic acids is 2. The maximum Gasteiger partial charge on any atom is 0.303 e. The molecule has 2 aromatic carbocycles. The Morgan fingerprint density at radius 1 is 1.00 bits per heavy atom. The smallest absolute Gasteiger partial charge is 0.303 e. The molecule has 0 unspecified atom stereocenters. The van der Waals surface area contributed by atoms with Crippen molar-refractivity contribution in [1.29, 1.82) is 0 Å². The summed E-state index contributed by atoms with van der Waals surface area (Å²) in [6.07, 6.45) is 0.481. The third-order valence-corrected chi connectivity index (χ3v) is 7.39. The molecule has 2 aliphatic rings. The molecule has 1 aliphatic heterocycles. The second-order valence-corrected chi connectivity index (χ2v) is 9.77. The number of hydrogen-bond acceptors (Lipinski definition) is 8. The van der Waals surface area contributed by atoms with Gasteiger partial charge >= 0.3 is 5.97 Å². The fourth-order valence-electron chi connectivity index (χ4n) is 5.49. The Hall–Kier alpha value is -3.69. The number of carbonyl (C=O) groups is 5. The predicted molar refractivity (Wildman–Crippen MR) is 131 cm³/mol. The molecule has 1 aliphatic carbocycles. The molecule has 3 atom stereocenters. The van der Waals surface area contributed by atoms with Gasteiger partial charge in [-0.05, 0) is 24.7 Å². The summed E-state index contributed by atoms with van der Waals surface area (Å²) in [5, 5.41) is 24.8. The van der Waals surface area contributed by atoms with Crippen molar-refractivity contribution in [2.75, 3.05) is 19.6 Å². The summed E-state index contributed by atoms with van der Waals surface area (Å²) in [6.45, 7) is 1.88. The van der Waals surface area contributed by atoms with Gasteiger partial charge in [0.1, 0.15) is 0 Å². The molecule has 0 bridgehead atoms. The van der Waals surface area contributed by atoms with Crippen LogP contribution in [0.4, 0.5) is 0 Å². The highest BCUT2D eigenvalue weighted by Crippen LogP contribution is 2.37. The minimum Gasteiger partial charge on any atom is -0.548 e. The average Bonchev–Trinajstić information content (AvgIpc) is 3.13. The normalized spacial score (nSPS) is 20.4. The SMILES string of the molecule is C[C@H](CC(=O)O)[C@H](CN1[C@H](C(=O)[O-])CCCN1CC(=O)c1ccccc1)C1C(=O)c2ccccc2C1=O. The summed E-state index contributed by atoms with van der Waals surface area (Å²) in [5.41, 5.74) is 1.05. The zero-order valence-electron chi connectivity index (χ0n) is 20.5. The standard InChI is InChI=1S/C28H30N2O7/c1-17(14-24(32)33)21(25-26(34)19-10-5-6-11-20(19)27(25)35)15-30-22(28(36)37)12-7-13-29(30)16-23(31)18-8-3-2-4-9-18/h2-6,8-11,17,21-22,25H,7,12-16H2,1H3,(H,32,33)(H,36,37)/p-1/t17-,21+,22+/m1/s1. The number of rotatable bonds is 10. The Morgan fingerprint density at radius 3 is 2.16 bits per heavy atom. The molecule has 194 valence electrons. The highest BCUT2D eigenvalue weighted by atomic mass is 16.4. The van der Waals surface area contributed by atoms with Gasteiger partial charge in [0.05, 0.1) is 24.5 Å². The van der Waals surface area contributed by atoms with Crippen LogP contribution in [0, 0.1) is 17.8 Å². The molecule has 1 heterocycles. The van der Waals surface area contributed by atoms with Crippen LogP contribution in [-0.4, -0.2) is 70.1 Å². The molecule has 0 amide bonds. The molecule has 0 aromatic heterocycles. The monoisotopic (exact) mass is 505 g/mol. The molecule has 0 spiro atoms. The topological polar surface area (TPSA) is 135 Å². The van der Waals surface area contributed by atoms with Crippen LogP contribution in [0.2, 0.25) is 0 Å². The Balaban J connectivity index is 1.67. The van der Waals surface area contributed by atoms with Crippen molar-refractivity contribution < 1.29 is 34.2 Å². The zero-order valence-corrected chi connectivity index (χ0v) is 20.5. The van der Waals surface area contributed by atoms with Crippen molar-refractivity contribution in [3.05, 3.63) is 71.3 Å². The van der Waals surface area contributed by atoms with Crippen LogP contribution < -0.4 is 5.11 Å². The Labute approximate surface area is 214 Å². The van der Waals surface area contributed by atoms with Crippen molar-refractivity contribution in [3.8, 4) is 0 Å². The van der Waals surface area contributed by atoms with Gasteiger partial charge in [-0.15, -0.1) is 0 Å². The molecule has 37 heavy (non-hydrogen) atoms. The fourth-order valence-corrected chi connectivity index (χ4v) is 5.49. The maximum atomic E-state index is 13.4. The largest absolute Gasteiger partial charge is 0.548 e. The van der Waals surface area contributed by atoms with Crippen LogP contribution in [0.1, 0.15) is 57.3 Å². The van der Waals surface area contributed by atoms with E-state index >= 15 is 0 Å². The molecular formula is C28H29N2O7-. The van der Waals surface area contributed by atoms with Gasteiger partial charge in [0.2, 0.25) is 0 Å². The van der Waals surface area contributed by atoms with E-state index in [9.17, 15) is 34.2 Å². The van der Waals surface area contributed by atoms with Gasteiger partial charge in [0, 0.05) is 36.2 Å². The van der Waals surface area contributed by atoms with Crippen molar-refractivity contribution in [1.82, 2.24) is 10.0 Å². The molecule has 1 fully saturated rings. The Morgan fingerprint density at radius 2 is 1.59 bits per heavy atom. The van der Waals surface area contributed by atoms with E-state index in [0.29, 0.717) is 18.5 Å². The first-order valence-electron chi connectivity index (χ1n) is 12.4. The van der Waals surface area contributed by atoms with E-state index in [1.807, 2.05) is 0 Å². The molecule has 1 saturated heterocycles. The number of ketones is 3. The van der Waals surface area contributed by atoms with E-state index in [0.717, 1.165) is 0 Å². The number of fused-ring (bicyclic) bond motifs is 1. The van der Waals surface area contributed by atoms with Crippen LogP contribution >= 0.6 is 0 Å². The summed E-state index contributed by atoms with van der Waals surface area (Å²) in [6, 6.07) is 14.0. The van der Waals surface area contributed by atoms with E-state index in [2.05, 4.69) is 0 Å². The summed E-state index contributed by atoms with van der Waals surface area (Å²) in [7, 11) is 0. The number of aliphatic carboxylic acids is 2. The molecule has 9 heteroatoms. The third-order valence-electron chi connectivity index (χ3n) is 7.39. The van der Waals surface area contributed by atoms with Crippen molar-refractivity contribution in [2.24, 2.45) is 17.8 Å². The van der Waals surface area contributed by atoms with Gasteiger partial charge in [-0.1, -0.05) is 61.5 Å². The third kappa shape index (κ3) is 5.52. The summed E-state index contributed by atoms with van der Waals surface area (Å²) in [5.74, 6) is -5.96. The first kappa shape index (κ1) is 26.4. The van der Waals surface area contributed by atoms with Crippen molar-refractivity contribution in [3.63, 3.8) is 0 Å². The average molecular weight is 506 g/mol. The number of nitrogens with zero attached hydrogens (tertiary/aromatic N) is 2. The summed E-state index contributed by atoms with van der Waals surface area (Å²) >= 11 is 0. The lowest BCUT2D eigenvalue weighted by Gasteiger charge is -2.47. The van der Waals surface area contributed by atoms with Crippen molar-refractivity contribution >= 4 is 29.3 Å². The maximum absolute atomic E-state index is 13.4. The van der Waals surface area contributed by atoms with Crippen LogP contribution in [0.3, 0.4) is 0 Å². The molecule has 0 saturated carbocycles. The van der Waals surface area contributed by atoms with Gasteiger partial charge in [-0.2, -0.15) is 0 Å². The number of carbonyl (C=O) groups excluding carboxylic acids is 4. The van der Waals surface area contributed by atoms with Crippen LogP contribution in [0.15, 0.2) is 54.6 Å². The van der Waals surface area contributed by atoms with Crippen LogP contribution in [-0.2, 0) is 9.59 Å². The molecule has 2 aromatic rings. The number of carboxylic acid groups (broad SMARTS) is 2. The molecule has 9 nitrogen and oxygen atoms in total. The highest BCUT2D eigenvalue weighted by molar-refractivity contribution is 6.26. The lowest BCUT2D eigenvalue weighted by molar-refractivity contribution is -0.318. The van der Waals surface area contributed by atoms with E-state index in [1.54, 1.807) is 66.5 Å². The zero-order chi connectivity index (χ0) is 26.7. The number of Topliss-reactive ketones (excluding diaryl/α,β-unsaturated/α-hetero) is 3. The minimum absolute atomic E-state index is 0.0781. The first-order chi connectivity index (χ1) is 17.7. The Bertz CT molecular complexity index is 1180. The van der Waals surface area contributed by atoms with E-state index < -0.39 is 47.3 Å². The first-order valence-corrected chi connectivity index (χ1v) is 12.4. The van der Waals surface area contributed by atoms with Crippen LogP contribution in [0.25, 0.3) is 0 Å². The van der Waals surface area contributed by atoms with Gasteiger partial charge in [-0.3, -0.25) is 19.2 Å². The second-order valence-electron chi connectivity index (χ2n) is 9.77. The predicted octanol–water partition coefficient (Wildman–Crippen LogP) is 1.72. The number of hydrogen-bond donors (Lipinski definition) is 1. The minimum atomic E-state index is -1.33. The van der Waals surface area contributed by atoms with Gasteiger partial charge in [0.15, 0.2) is 17.3 Å².